The lowest BCUT2D eigenvalue weighted by Crippen LogP contribution is -2.07. The summed E-state index contributed by atoms with van der Waals surface area (Å²) in [5.74, 6) is 2.08. The summed E-state index contributed by atoms with van der Waals surface area (Å²) >= 11 is 0. The van der Waals surface area contributed by atoms with Gasteiger partial charge in [-0.3, -0.25) is 0 Å². The molecule has 0 bridgehead atoms. The first kappa shape index (κ1) is 14.3. The molecular formula is C14H19N5O. The highest BCUT2D eigenvalue weighted by Crippen LogP contribution is 2.16. The number of aromatic nitrogens is 4. The quantitative estimate of drug-likeness (QED) is 0.870. The lowest BCUT2D eigenvalue weighted by molar-refractivity contribution is 0.181. The smallest absolute Gasteiger partial charge is 0.180 e. The van der Waals surface area contributed by atoms with Crippen LogP contribution in [-0.2, 0) is 11.3 Å². The Morgan fingerprint density at radius 1 is 1.25 bits per heavy atom. The van der Waals surface area contributed by atoms with Gasteiger partial charge in [0.15, 0.2) is 5.82 Å². The fraction of sp³-hybridized carbons (Fsp3) is 0.429. The number of nitrogens with zero attached hydrogens (tertiary/aromatic N) is 4. The van der Waals surface area contributed by atoms with Gasteiger partial charge in [0.2, 0.25) is 0 Å². The standard InChI is InChI=1S/C14H19N5O/c1-4-6-16-13-8-11(9-20-3)18-14(19-13)12-5-7-15-10(2)17-12/h5,7-8H,4,6,9H2,1-3H3,(H,16,18,19). The van der Waals surface area contributed by atoms with E-state index in [1.807, 2.05) is 19.1 Å². The van der Waals surface area contributed by atoms with Crippen molar-refractivity contribution in [3.63, 3.8) is 0 Å². The zero-order valence-electron chi connectivity index (χ0n) is 12.1. The van der Waals surface area contributed by atoms with Crippen LogP contribution in [0, 0.1) is 6.92 Å². The van der Waals surface area contributed by atoms with E-state index in [4.69, 9.17) is 4.74 Å². The highest BCUT2D eigenvalue weighted by molar-refractivity contribution is 5.52. The Morgan fingerprint density at radius 2 is 2.10 bits per heavy atom. The maximum Gasteiger partial charge on any atom is 0.180 e. The number of methoxy groups -OCH3 is 1. The molecule has 0 aliphatic rings. The highest BCUT2D eigenvalue weighted by Gasteiger charge is 2.08. The molecule has 0 aliphatic heterocycles. The third kappa shape index (κ3) is 3.71. The normalized spacial score (nSPS) is 10.6. The number of anilines is 1. The van der Waals surface area contributed by atoms with Gasteiger partial charge in [0.25, 0.3) is 0 Å². The minimum Gasteiger partial charge on any atom is -0.378 e. The molecule has 0 radical (unpaired) electrons. The molecule has 20 heavy (non-hydrogen) atoms. The monoisotopic (exact) mass is 273 g/mol. The summed E-state index contributed by atoms with van der Waals surface area (Å²) in [5, 5.41) is 3.27. The van der Waals surface area contributed by atoms with Crippen LogP contribution in [0.2, 0.25) is 0 Å². The van der Waals surface area contributed by atoms with Crippen LogP contribution in [0.5, 0.6) is 0 Å². The summed E-state index contributed by atoms with van der Waals surface area (Å²) in [5.41, 5.74) is 1.54. The SMILES string of the molecule is CCCNc1cc(COC)nc(-c2ccnc(C)n2)n1. The van der Waals surface area contributed by atoms with E-state index < -0.39 is 0 Å². The van der Waals surface area contributed by atoms with Gasteiger partial charge in [-0.1, -0.05) is 6.92 Å². The fourth-order valence-corrected chi connectivity index (χ4v) is 1.76. The number of ether oxygens (including phenoxy) is 1. The number of hydrogen-bond donors (Lipinski definition) is 1. The molecule has 0 fully saturated rings. The summed E-state index contributed by atoms with van der Waals surface area (Å²) < 4.78 is 5.15. The van der Waals surface area contributed by atoms with Gasteiger partial charge in [0.1, 0.15) is 17.3 Å². The van der Waals surface area contributed by atoms with Crippen molar-refractivity contribution in [2.24, 2.45) is 0 Å². The van der Waals surface area contributed by atoms with Gasteiger partial charge >= 0.3 is 0 Å². The minimum absolute atomic E-state index is 0.445. The minimum atomic E-state index is 0.445. The van der Waals surface area contributed by atoms with Gasteiger partial charge in [-0.2, -0.15) is 0 Å². The summed E-state index contributed by atoms with van der Waals surface area (Å²) in [6, 6.07) is 3.71. The molecule has 0 spiro atoms. The second-order valence-electron chi connectivity index (χ2n) is 4.42. The Kier molecular flexibility index (Phi) is 4.95. The Bertz CT molecular complexity index is 573. The predicted molar refractivity (Wildman–Crippen MR) is 77.3 cm³/mol. The first-order chi connectivity index (χ1) is 9.72. The lowest BCUT2D eigenvalue weighted by atomic mass is 10.3. The molecule has 0 unspecified atom stereocenters. The van der Waals surface area contributed by atoms with E-state index in [0.29, 0.717) is 18.3 Å². The zero-order chi connectivity index (χ0) is 14.4. The largest absolute Gasteiger partial charge is 0.378 e. The Labute approximate surface area is 118 Å². The van der Waals surface area contributed by atoms with Crippen LogP contribution in [0.1, 0.15) is 24.9 Å². The third-order valence-corrected chi connectivity index (χ3v) is 2.63. The average Bonchev–Trinajstić information content (AvgIpc) is 2.45. The summed E-state index contributed by atoms with van der Waals surface area (Å²) in [6.07, 6.45) is 2.74. The first-order valence-electron chi connectivity index (χ1n) is 6.63. The van der Waals surface area contributed by atoms with Gasteiger partial charge < -0.3 is 10.1 Å². The lowest BCUT2D eigenvalue weighted by Gasteiger charge is -2.09. The van der Waals surface area contributed by atoms with Crippen molar-refractivity contribution in [3.05, 3.63) is 29.8 Å². The molecular weight excluding hydrogens is 254 g/mol. The molecule has 0 aromatic carbocycles. The first-order valence-corrected chi connectivity index (χ1v) is 6.63. The molecule has 0 aliphatic carbocycles. The summed E-state index contributed by atoms with van der Waals surface area (Å²) in [4.78, 5) is 17.4. The highest BCUT2D eigenvalue weighted by atomic mass is 16.5. The fourth-order valence-electron chi connectivity index (χ4n) is 1.76. The van der Waals surface area contributed by atoms with E-state index in [0.717, 1.165) is 30.2 Å². The zero-order valence-corrected chi connectivity index (χ0v) is 12.1. The second kappa shape index (κ2) is 6.91. The molecule has 0 atom stereocenters. The molecule has 0 amide bonds. The van der Waals surface area contributed by atoms with Crippen molar-refractivity contribution in [1.29, 1.82) is 0 Å². The number of aryl methyl sites for hydroxylation is 1. The maximum absolute atomic E-state index is 5.15. The molecule has 2 aromatic rings. The summed E-state index contributed by atoms with van der Waals surface area (Å²) in [7, 11) is 1.65. The van der Waals surface area contributed by atoms with Gasteiger partial charge in [0.05, 0.1) is 12.3 Å². The van der Waals surface area contributed by atoms with E-state index in [1.165, 1.54) is 0 Å². The molecule has 0 saturated carbocycles. The molecule has 106 valence electrons. The molecule has 0 saturated heterocycles. The van der Waals surface area contributed by atoms with Gasteiger partial charge in [-0.25, -0.2) is 19.9 Å². The van der Waals surface area contributed by atoms with E-state index in [9.17, 15) is 0 Å². The van der Waals surface area contributed by atoms with Crippen LogP contribution in [0.25, 0.3) is 11.5 Å². The molecule has 6 heteroatoms. The van der Waals surface area contributed by atoms with Gasteiger partial charge in [-0.05, 0) is 19.4 Å². The van der Waals surface area contributed by atoms with Crippen LogP contribution < -0.4 is 5.32 Å². The van der Waals surface area contributed by atoms with Crippen LogP contribution in [0.3, 0.4) is 0 Å². The van der Waals surface area contributed by atoms with Gasteiger partial charge in [-0.15, -0.1) is 0 Å². The molecule has 2 heterocycles. The number of rotatable bonds is 6. The summed E-state index contributed by atoms with van der Waals surface area (Å²) in [6.45, 7) is 5.27. The van der Waals surface area contributed by atoms with Crippen LogP contribution >= 0.6 is 0 Å². The van der Waals surface area contributed by atoms with E-state index in [-0.39, 0.29) is 0 Å². The topological polar surface area (TPSA) is 72.8 Å². The Morgan fingerprint density at radius 3 is 2.80 bits per heavy atom. The maximum atomic E-state index is 5.15. The van der Waals surface area contributed by atoms with Crippen molar-refractivity contribution in [2.75, 3.05) is 19.0 Å². The molecule has 2 rings (SSSR count). The van der Waals surface area contributed by atoms with Crippen molar-refractivity contribution < 1.29 is 4.74 Å². The Balaban J connectivity index is 2.37. The average molecular weight is 273 g/mol. The van der Waals surface area contributed by atoms with Crippen LogP contribution in [-0.4, -0.2) is 33.6 Å². The van der Waals surface area contributed by atoms with Crippen molar-refractivity contribution in [1.82, 2.24) is 19.9 Å². The van der Waals surface area contributed by atoms with E-state index in [2.05, 4.69) is 32.2 Å². The number of hydrogen-bond acceptors (Lipinski definition) is 6. The third-order valence-electron chi connectivity index (χ3n) is 2.63. The molecule has 2 aromatic heterocycles. The predicted octanol–water partition coefficient (Wildman–Crippen LogP) is 2.21. The number of nitrogens with one attached hydrogen (secondary N) is 1. The van der Waals surface area contributed by atoms with Crippen molar-refractivity contribution in [2.45, 2.75) is 26.9 Å². The molecule has 1 N–H and O–H groups in total. The van der Waals surface area contributed by atoms with Crippen LogP contribution in [0.15, 0.2) is 18.3 Å². The molecule has 6 nitrogen and oxygen atoms in total. The van der Waals surface area contributed by atoms with Crippen molar-refractivity contribution >= 4 is 5.82 Å². The van der Waals surface area contributed by atoms with E-state index >= 15 is 0 Å². The van der Waals surface area contributed by atoms with Crippen LogP contribution in [0.4, 0.5) is 5.82 Å². The van der Waals surface area contributed by atoms with Gasteiger partial charge in [0, 0.05) is 25.9 Å². The van der Waals surface area contributed by atoms with E-state index in [1.54, 1.807) is 13.3 Å². The Hall–Kier alpha value is -2.08. The van der Waals surface area contributed by atoms with Crippen molar-refractivity contribution in [3.8, 4) is 11.5 Å². The second-order valence-corrected chi connectivity index (χ2v) is 4.42.